The number of rotatable bonds is 6. The Labute approximate surface area is 194 Å². The summed E-state index contributed by atoms with van der Waals surface area (Å²) in [5, 5.41) is 1.42. The molecule has 1 N–H and O–H groups in total. The van der Waals surface area contributed by atoms with Crippen molar-refractivity contribution in [2.45, 2.75) is 26.8 Å². The van der Waals surface area contributed by atoms with Crippen LogP contribution >= 0.6 is 0 Å². The standard InChI is InChI=1S/C25H23FN6O2/c1-4-34-25(33)14(2)15(3)32-13-21(16-6-5-7-27-9-16)20-12-30-23(31-24(20)32)19-11-29-22-18(19)8-17(26)10-28-22/h5-15H,4H2,1-3H3,(H,28,29)/t14-,15-/m1/s1. The lowest BCUT2D eigenvalue weighted by Crippen LogP contribution is -2.24. The van der Waals surface area contributed by atoms with Crippen molar-refractivity contribution in [3.63, 3.8) is 0 Å². The summed E-state index contributed by atoms with van der Waals surface area (Å²) in [4.78, 5) is 33.3. The molecule has 9 heteroatoms. The van der Waals surface area contributed by atoms with E-state index in [0.29, 0.717) is 34.7 Å². The number of nitrogens with zero attached hydrogens (tertiary/aromatic N) is 5. The number of aromatic nitrogens is 6. The molecule has 0 aromatic carbocycles. The van der Waals surface area contributed by atoms with Gasteiger partial charge in [-0.1, -0.05) is 6.07 Å². The molecule has 0 aliphatic carbocycles. The van der Waals surface area contributed by atoms with E-state index in [2.05, 4.69) is 19.9 Å². The summed E-state index contributed by atoms with van der Waals surface area (Å²) in [5.74, 6) is -0.679. The van der Waals surface area contributed by atoms with Crippen molar-refractivity contribution in [2.24, 2.45) is 5.92 Å². The minimum atomic E-state index is -0.437. The summed E-state index contributed by atoms with van der Waals surface area (Å²) in [6.45, 7) is 5.91. The quantitative estimate of drug-likeness (QED) is 0.362. The lowest BCUT2D eigenvalue weighted by atomic mass is 10.0. The number of H-pyrrole nitrogens is 1. The zero-order valence-corrected chi connectivity index (χ0v) is 19.0. The van der Waals surface area contributed by atoms with Crippen molar-refractivity contribution in [1.29, 1.82) is 0 Å². The average molecular weight is 458 g/mol. The van der Waals surface area contributed by atoms with E-state index in [4.69, 9.17) is 9.72 Å². The molecule has 5 aromatic heterocycles. The Morgan fingerprint density at radius 2 is 2.03 bits per heavy atom. The van der Waals surface area contributed by atoms with Crippen molar-refractivity contribution >= 4 is 28.0 Å². The number of carbonyl (C=O) groups excluding carboxylic acids is 1. The molecule has 5 aromatic rings. The van der Waals surface area contributed by atoms with Gasteiger partial charge in [-0.05, 0) is 32.9 Å². The van der Waals surface area contributed by atoms with Crippen LogP contribution in [0, 0.1) is 11.7 Å². The van der Waals surface area contributed by atoms with Crippen LogP contribution in [0.5, 0.6) is 0 Å². The number of hydrogen-bond acceptors (Lipinski definition) is 6. The third kappa shape index (κ3) is 3.68. The predicted octanol–water partition coefficient (Wildman–Crippen LogP) is 4.94. The van der Waals surface area contributed by atoms with Gasteiger partial charge in [-0.3, -0.25) is 9.78 Å². The molecule has 0 spiro atoms. The van der Waals surface area contributed by atoms with E-state index in [1.165, 1.54) is 6.07 Å². The average Bonchev–Trinajstić information content (AvgIpc) is 3.44. The molecule has 0 saturated carbocycles. The highest BCUT2D eigenvalue weighted by Gasteiger charge is 2.26. The fourth-order valence-corrected chi connectivity index (χ4v) is 4.10. The van der Waals surface area contributed by atoms with Crippen molar-refractivity contribution in [3.8, 4) is 22.5 Å². The molecule has 5 rings (SSSR count). The Bertz CT molecular complexity index is 1490. The lowest BCUT2D eigenvalue weighted by molar-refractivity contribution is -0.148. The Balaban J connectivity index is 1.69. The summed E-state index contributed by atoms with van der Waals surface area (Å²) in [7, 11) is 0. The zero-order valence-electron chi connectivity index (χ0n) is 19.0. The van der Waals surface area contributed by atoms with Gasteiger partial charge in [0, 0.05) is 64.5 Å². The molecule has 34 heavy (non-hydrogen) atoms. The van der Waals surface area contributed by atoms with Crippen molar-refractivity contribution in [1.82, 2.24) is 29.5 Å². The van der Waals surface area contributed by atoms with E-state index >= 15 is 0 Å². The third-order valence-corrected chi connectivity index (χ3v) is 6.10. The van der Waals surface area contributed by atoms with Crippen LogP contribution in [0.25, 0.3) is 44.6 Å². The summed E-state index contributed by atoms with van der Waals surface area (Å²) >= 11 is 0. The van der Waals surface area contributed by atoms with Crippen LogP contribution < -0.4 is 0 Å². The first kappa shape index (κ1) is 21.7. The van der Waals surface area contributed by atoms with Crippen LogP contribution in [-0.4, -0.2) is 42.1 Å². The van der Waals surface area contributed by atoms with E-state index in [0.717, 1.165) is 22.7 Å². The van der Waals surface area contributed by atoms with Gasteiger partial charge in [0.05, 0.1) is 18.7 Å². The van der Waals surface area contributed by atoms with Gasteiger partial charge in [-0.2, -0.15) is 0 Å². The molecule has 2 atom stereocenters. The molecule has 0 fully saturated rings. The minimum absolute atomic E-state index is 0.239. The maximum absolute atomic E-state index is 13.9. The molecule has 0 saturated heterocycles. The number of hydrogen-bond donors (Lipinski definition) is 1. The lowest BCUT2D eigenvalue weighted by Gasteiger charge is -2.20. The molecule has 0 amide bonds. The smallest absolute Gasteiger partial charge is 0.310 e. The van der Waals surface area contributed by atoms with Crippen LogP contribution in [0.2, 0.25) is 0 Å². The fourth-order valence-electron chi connectivity index (χ4n) is 4.10. The highest BCUT2D eigenvalue weighted by molar-refractivity contribution is 5.96. The number of fused-ring (bicyclic) bond motifs is 2. The second-order valence-corrected chi connectivity index (χ2v) is 8.16. The molecule has 0 aliphatic rings. The van der Waals surface area contributed by atoms with E-state index in [1.54, 1.807) is 31.7 Å². The van der Waals surface area contributed by atoms with E-state index in [-0.39, 0.29) is 12.0 Å². The minimum Gasteiger partial charge on any atom is -0.466 e. The van der Waals surface area contributed by atoms with E-state index in [1.807, 2.05) is 36.7 Å². The predicted molar refractivity (Wildman–Crippen MR) is 126 cm³/mol. The second kappa shape index (κ2) is 8.66. The summed E-state index contributed by atoms with van der Waals surface area (Å²) in [6, 6.07) is 5.00. The van der Waals surface area contributed by atoms with Gasteiger partial charge in [-0.15, -0.1) is 0 Å². The molecular weight excluding hydrogens is 435 g/mol. The van der Waals surface area contributed by atoms with Crippen LogP contribution in [0.15, 0.2) is 55.4 Å². The van der Waals surface area contributed by atoms with Gasteiger partial charge in [0.2, 0.25) is 0 Å². The SMILES string of the molecule is CCOC(=O)[C@H](C)[C@@H](C)n1cc(-c2cccnc2)c2cnc(-c3c[nH]c4ncc(F)cc34)nc21. The number of ether oxygens (including phenoxy) is 1. The summed E-state index contributed by atoms with van der Waals surface area (Å²) in [5.41, 5.74) is 3.67. The molecule has 0 unspecified atom stereocenters. The molecule has 0 bridgehead atoms. The van der Waals surface area contributed by atoms with Gasteiger partial charge in [-0.25, -0.2) is 19.3 Å². The second-order valence-electron chi connectivity index (χ2n) is 8.16. The number of carbonyl (C=O) groups is 1. The van der Waals surface area contributed by atoms with Gasteiger partial charge < -0.3 is 14.3 Å². The first-order valence-corrected chi connectivity index (χ1v) is 11.1. The normalized spacial score (nSPS) is 13.3. The maximum Gasteiger partial charge on any atom is 0.310 e. The number of halogens is 1. The monoisotopic (exact) mass is 458 g/mol. The Morgan fingerprint density at radius 3 is 2.79 bits per heavy atom. The molecule has 5 heterocycles. The molecular formula is C25H23FN6O2. The number of nitrogens with one attached hydrogen (secondary N) is 1. The van der Waals surface area contributed by atoms with Gasteiger partial charge in [0.15, 0.2) is 5.82 Å². The number of esters is 1. The third-order valence-electron chi connectivity index (χ3n) is 6.10. The van der Waals surface area contributed by atoms with Crippen molar-refractivity contribution in [2.75, 3.05) is 6.61 Å². The van der Waals surface area contributed by atoms with E-state index < -0.39 is 11.7 Å². The molecule has 0 radical (unpaired) electrons. The highest BCUT2D eigenvalue weighted by Crippen LogP contribution is 2.35. The van der Waals surface area contributed by atoms with Crippen molar-refractivity contribution in [3.05, 3.63) is 61.2 Å². The van der Waals surface area contributed by atoms with Crippen LogP contribution in [-0.2, 0) is 9.53 Å². The topological polar surface area (TPSA) is 98.6 Å². The van der Waals surface area contributed by atoms with Gasteiger partial charge >= 0.3 is 5.97 Å². The number of aromatic amines is 1. The fraction of sp³-hybridized carbons (Fsp3) is 0.240. The van der Waals surface area contributed by atoms with Gasteiger partial charge in [0.1, 0.15) is 17.1 Å². The zero-order chi connectivity index (χ0) is 23.8. The number of pyridine rings is 2. The summed E-state index contributed by atoms with van der Waals surface area (Å²) in [6.07, 6.45) is 10.1. The summed E-state index contributed by atoms with van der Waals surface area (Å²) < 4.78 is 21.1. The van der Waals surface area contributed by atoms with Gasteiger partial charge in [0.25, 0.3) is 0 Å². The maximum atomic E-state index is 13.9. The largest absolute Gasteiger partial charge is 0.466 e. The van der Waals surface area contributed by atoms with Crippen molar-refractivity contribution < 1.29 is 13.9 Å². The first-order valence-electron chi connectivity index (χ1n) is 11.1. The molecule has 0 aliphatic heterocycles. The van der Waals surface area contributed by atoms with Crippen LogP contribution in [0.3, 0.4) is 0 Å². The molecule has 172 valence electrons. The van der Waals surface area contributed by atoms with Crippen LogP contribution in [0.1, 0.15) is 26.8 Å². The molecule has 8 nitrogen and oxygen atoms in total. The van der Waals surface area contributed by atoms with Crippen LogP contribution in [0.4, 0.5) is 4.39 Å². The highest BCUT2D eigenvalue weighted by atomic mass is 19.1. The first-order chi connectivity index (χ1) is 16.5. The Morgan fingerprint density at radius 1 is 1.18 bits per heavy atom. The van der Waals surface area contributed by atoms with E-state index in [9.17, 15) is 9.18 Å². The Hall–Kier alpha value is -4.14. The Kier molecular flexibility index (Phi) is 5.53.